The zero-order chi connectivity index (χ0) is 17.1. The van der Waals surface area contributed by atoms with Crippen LogP contribution in [0.3, 0.4) is 0 Å². The summed E-state index contributed by atoms with van der Waals surface area (Å²) in [6, 6.07) is 7.71. The predicted octanol–water partition coefficient (Wildman–Crippen LogP) is 3.41. The first-order chi connectivity index (χ1) is 11.4. The summed E-state index contributed by atoms with van der Waals surface area (Å²) >= 11 is 0. The maximum atomic E-state index is 11.9. The summed E-state index contributed by atoms with van der Waals surface area (Å²) in [4.78, 5) is 11.9. The summed E-state index contributed by atoms with van der Waals surface area (Å²) in [5.74, 6) is 1.32. The van der Waals surface area contributed by atoms with Gasteiger partial charge in [0.15, 0.2) is 0 Å². The molecule has 0 aromatic heterocycles. The molecular weight excluding hydrogens is 302 g/mol. The van der Waals surface area contributed by atoms with Gasteiger partial charge < -0.3 is 15.2 Å². The molecule has 5 atom stereocenters. The van der Waals surface area contributed by atoms with Crippen LogP contribution in [0.4, 0.5) is 0 Å². The molecule has 1 heterocycles. The first kappa shape index (κ1) is 15.9. The number of benzene rings is 1. The Bertz CT molecular complexity index is 671. The minimum absolute atomic E-state index is 0.0550. The molecule has 1 aliphatic heterocycles. The lowest BCUT2D eigenvalue weighted by Gasteiger charge is -2.53. The number of hydrogen-bond acceptors (Lipinski definition) is 3. The van der Waals surface area contributed by atoms with Crippen molar-refractivity contribution < 1.29 is 14.6 Å². The fraction of sp³-hybridized carbons (Fsp3) is 0.650. The molecule has 3 fully saturated rings. The van der Waals surface area contributed by atoms with Gasteiger partial charge in [-0.25, -0.2) is 0 Å². The maximum absolute atomic E-state index is 11.9. The number of rotatable bonds is 2. The Kier molecular flexibility index (Phi) is 3.47. The minimum atomic E-state index is -0.0719. The van der Waals surface area contributed by atoms with Crippen molar-refractivity contribution in [3.05, 3.63) is 29.8 Å². The predicted molar refractivity (Wildman–Crippen MR) is 91.4 cm³/mol. The lowest BCUT2D eigenvalue weighted by Crippen LogP contribution is -2.58. The van der Waals surface area contributed by atoms with Gasteiger partial charge in [0, 0.05) is 25.1 Å². The van der Waals surface area contributed by atoms with Crippen molar-refractivity contribution in [2.24, 2.45) is 22.7 Å². The Labute approximate surface area is 143 Å². The summed E-state index contributed by atoms with van der Waals surface area (Å²) in [7, 11) is 0. The highest BCUT2D eigenvalue weighted by atomic mass is 16.5. The van der Waals surface area contributed by atoms with Gasteiger partial charge in [-0.05, 0) is 48.0 Å². The van der Waals surface area contributed by atoms with Crippen LogP contribution in [0.2, 0.25) is 0 Å². The third-order valence-electron chi connectivity index (χ3n) is 7.10. The van der Waals surface area contributed by atoms with Crippen molar-refractivity contribution in [1.29, 1.82) is 0 Å². The van der Waals surface area contributed by atoms with Crippen LogP contribution in [-0.2, 0) is 9.53 Å². The van der Waals surface area contributed by atoms with E-state index in [4.69, 9.17) is 4.74 Å². The van der Waals surface area contributed by atoms with Gasteiger partial charge in [-0.2, -0.15) is 0 Å². The number of hydrogen-bond donors (Lipinski definition) is 2. The summed E-state index contributed by atoms with van der Waals surface area (Å²) in [5, 5.41) is 13.6. The number of fused-ring (bicyclic) bond motifs is 1. The van der Waals surface area contributed by atoms with Crippen molar-refractivity contribution in [2.75, 3.05) is 6.61 Å². The largest absolute Gasteiger partial charge is 0.508 e. The van der Waals surface area contributed by atoms with Gasteiger partial charge in [-0.1, -0.05) is 32.0 Å². The van der Waals surface area contributed by atoms with Crippen LogP contribution in [0.15, 0.2) is 24.3 Å². The standard InChI is InChI=1S/C20H27NO3/c1-12(22)21-18-19(2,3)13-10-15-17(14-6-4-5-7-16(14)23)24-9-8-20(15,18)11-13/h4-7,13,15,17-18,23H,8-11H2,1-3H3,(H,21,22)/t13-,15-,17-,18+,20?/m1/s1. The van der Waals surface area contributed by atoms with E-state index < -0.39 is 0 Å². The Balaban J connectivity index is 1.74. The van der Waals surface area contributed by atoms with Gasteiger partial charge in [0.1, 0.15) is 5.75 Å². The van der Waals surface area contributed by atoms with E-state index in [1.165, 1.54) is 0 Å². The molecule has 0 radical (unpaired) electrons. The van der Waals surface area contributed by atoms with E-state index in [0.29, 0.717) is 24.2 Å². The quantitative estimate of drug-likeness (QED) is 0.874. The molecule has 1 spiro atoms. The van der Waals surface area contributed by atoms with Crippen LogP contribution in [0, 0.1) is 22.7 Å². The molecule has 2 aliphatic carbocycles. The van der Waals surface area contributed by atoms with E-state index >= 15 is 0 Å². The molecule has 1 aromatic carbocycles. The topological polar surface area (TPSA) is 58.6 Å². The number of amides is 1. The number of phenolic OH excluding ortho intramolecular Hbond substituents is 1. The van der Waals surface area contributed by atoms with E-state index in [1.54, 1.807) is 13.0 Å². The molecule has 4 nitrogen and oxygen atoms in total. The third-order valence-corrected chi connectivity index (χ3v) is 7.10. The number of carbonyl (C=O) groups excluding carboxylic acids is 1. The van der Waals surface area contributed by atoms with Crippen LogP contribution < -0.4 is 5.32 Å². The van der Waals surface area contributed by atoms with Gasteiger partial charge >= 0.3 is 0 Å². The van der Waals surface area contributed by atoms with E-state index in [1.807, 2.05) is 18.2 Å². The Morgan fingerprint density at radius 2 is 2.08 bits per heavy atom. The van der Waals surface area contributed by atoms with Crippen molar-refractivity contribution >= 4 is 5.91 Å². The Morgan fingerprint density at radius 1 is 1.33 bits per heavy atom. The van der Waals surface area contributed by atoms with Crippen LogP contribution in [0.25, 0.3) is 0 Å². The van der Waals surface area contributed by atoms with Crippen LogP contribution in [0.1, 0.15) is 51.7 Å². The number of aromatic hydroxyl groups is 1. The molecule has 4 rings (SSSR count). The molecule has 3 aliphatic rings. The summed E-state index contributed by atoms with van der Waals surface area (Å²) in [6.45, 7) is 6.91. The summed E-state index contributed by atoms with van der Waals surface area (Å²) in [6.07, 6.45) is 3.19. The zero-order valence-corrected chi connectivity index (χ0v) is 14.7. The van der Waals surface area contributed by atoms with E-state index in [2.05, 4.69) is 19.2 Å². The number of nitrogens with one attached hydrogen (secondary N) is 1. The number of ether oxygens (including phenoxy) is 1. The fourth-order valence-corrected chi connectivity index (χ4v) is 6.03. The maximum Gasteiger partial charge on any atom is 0.217 e. The molecule has 24 heavy (non-hydrogen) atoms. The van der Waals surface area contributed by atoms with Gasteiger partial charge in [0.25, 0.3) is 0 Å². The van der Waals surface area contributed by atoms with Crippen molar-refractivity contribution in [2.45, 2.75) is 52.2 Å². The molecule has 2 bridgehead atoms. The highest BCUT2D eigenvalue weighted by molar-refractivity contribution is 5.73. The molecule has 130 valence electrons. The monoisotopic (exact) mass is 329 g/mol. The number of phenols is 1. The SMILES string of the molecule is CC(=O)N[C@H]1C(C)(C)[C@@H]2C[C@@H]3[C@@H](c4ccccc4O)OCCC31C2. The molecule has 1 unspecified atom stereocenters. The summed E-state index contributed by atoms with van der Waals surface area (Å²) < 4.78 is 6.15. The van der Waals surface area contributed by atoms with Gasteiger partial charge in [-0.3, -0.25) is 4.79 Å². The first-order valence-corrected chi connectivity index (χ1v) is 9.03. The second-order valence-corrected chi connectivity index (χ2v) is 8.53. The second kappa shape index (κ2) is 5.22. The minimum Gasteiger partial charge on any atom is -0.508 e. The van der Waals surface area contributed by atoms with E-state index in [0.717, 1.165) is 24.8 Å². The van der Waals surface area contributed by atoms with Crippen molar-refractivity contribution in [3.8, 4) is 5.75 Å². The highest BCUT2D eigenvalue weighted by Crippen LogP contribution is 2.70. The van der Waals surface area contributed by atoms with Crippen LogP contribution in [-0.4, -0.2) is 23.7 Å². The average Bonchev–Trinajstić information content (AvgIpc) is 3.01. The lowest BCUT2D eigenvalue weighted by atomic mass is 9.59. The highest BCUT2D eigenvalue weighted by Gasteiger charge is 2.68. The Morgan fingerprint density at radius 3 is 2.79 bits per heavy atom. The Hall–Kier alpha value is -1.55. The lowest BCUT2D eigenvalue weighted by molar-refractivity contribution is -0.136. The molecule has 1 saturated heterocycles. The molecule has 2 N–H and O–H groups in total. The van der Waals surface area contributed by atoms with E-state index in [9.17, 15) is 9.90 Å². The fourth-order valence-electron chi connectivity index (χ4n) is 6.03. The summed E-state index contributed by atoms with van der Waals surface area (Å²) in [5.41, 5.74) is 1.10. The first-order valence-electron chi connectivity index (χ1n) is 9.03. The van der Waals surface area contributed by atoms with E-state index in [-0.39, 0.29) is 28.9 Å². The number of para-hydroxylation sites is 1. The van der Waals surface area contributed by atoms with Crippen molar-refractivity contribution in [1.82, 2.24) is 5.32 Å². The van der Waals surface area contributed by atoms with Gasteiger partial charge in [0.2, 0.25) is 5.91 Å². The van der Waals surface area contributed by atoms with Gasteiger partial charge in [0.05, 0.1) is 6.10 Å². The third kappa shape index (κ3) is 2.05. The van der Waals surface area contributed by atoms with Crippen LogP contribution in [0.5, 0.6) is 5.75 Å². The molecule has 2 saturated carbocycles. The molecule has 1 aromatic rings. The normalized spacial score (nSPS) is 39.5. The van der Waals surface area contributed by atoms with Crippen molar-refractivity contribution in [3.63, 3.8) is 0 Å². The zero-order valence-electron chi connectivity index (χ0n) is 14.7. The smallest absolute Gasteiger partial charge is 0.217 e. The molecule has 4 heteroatoms. The average molecular weight is 329 g/mol. The molecular formula is C20H27NO3. The van der Waals surface area contributed by atoms with Crippen LogP contribution >= 0.6 is 0 Å². The second-order valence-electron chi connectivity index (χ2n) is 8.53. The van der Waals surface area contributed by atoms with Gasteiger partial charge in [-0.15, -0.1) is 0 Å². The molecule has 1 amide bonds. The number of carbonyl (C=O) groups is 1.